The Labute approximate surface area is 180 Å². The van der Waals surface area contributed by atoms with E-state index in [1.807, 2.05) is 0 Å². The smallest absolute Gasteiger partial charge is 0.341 e. The van der Waals surface area contributed by atoms with E-state index >= 15 is 0 Å². The van der Waals surface area contributed by atoms with Crippen LogP contribution in [0.25, 0.3) is 0 Å². The Morgan fingerprint density at radius 1 is 1.23 bits per heavy atom. The maximum atomic E-state index is 12.6. The third-order valence-corrected chi connectivity index (χ3v) is 5.51. The van der Waals surface area contributed by atoms with E-state index in [1.54, 1.807) is 37.3 Å². The largest absolute Gasteiger partial charge is 0.486 e. The summed E-state index contributed by atoms with van der Waals surface area (Å²) < 4.78 is 15.8. The van der Waals surface area contributed by atoms with Gasteiger partial charge in [0, 0.05) is 5.02 Å². The molecule has 0 spiro atoms. The van der Waals surface area contributed by atoms with Crippen LogP contribution in [0.1, 0.15) is 41.9 Å². The highest BCUT2D eigenvalue weighted by atomic mass is 35.5. The van der Waals surface area contributed by atoms with Gasteiger partial charge in [0.1, 0.15) is 23.1 Å². The molecule has 10 heteroatoms. The van der Waals surface area contributed by atoms with Crippen molar-refractivity contribution in [2.75, 3.05) is 12.4 Å². The number of rotatable bonds is 7. The third-order valence-electron chi connectivity index (χ3n) is 4.05. The molecular weight excluding hydrogens is 432 g/mol. The van der Waals surface area contributed by atoms with Crippen LogP contribution < -0.4 is 15.8 Å². The summed E-state index contributed by atoms with van der Waals surface area (Å²) in [4.78, 5) is 36.4. The van der Waals surface area contributed by atoms with Crippen molar-refractivity contribution in [2.45, 2.75) is 13.5 Å². The number of carbonyl (C=O) groups is 3. The molecule has 0 bridgehead atoms. The van der Waals surface area contributed by atoms with Crippen LogP contribution in [-0.2, 0) is 11.3 Å². The van der Waals surface area contributed by atoms with Crippen molar-refractivity contribution in [3.63, 3.8) is 0 Å². The van der Waals surface area contributed by atoms with Crippen LogP contribution in [0.15, 0.2) is 40.8 Å². The molecule has 0 fully saturated rings. The molecule has 156 valence electrons. The maximum Gasteiger partial charge on any atom is 0.341 e. The third kappa shape index (κ3) is 4.64. The maximum absolute atomic E-state index is 12.6. The molecule has 30 heavy (non-hydrogen) atoms. The first-order valence-electron chi connectivity index (χ1n) is 8.60. The van der Waals surface area contributed by atoms with Crippen LogP contribution in [0, 0.1) is 6.92 Å². The number of benzene rings is 1. The molecule has 0 saturated carbocycles. The van der Waals surface area contributed by atoms with Crippen LogP contribution in [0.2, 0.25) is 5.02 Å². The quantitative estimate of drug-likeness (QED) is 0.526. The highest BCUT2D eigenvalue weighted by Crippen LogP contribution is 2.34. The van der Waals surface area contributed by atoms with Crippen molar-refractivity contribution < 1.29 is 28.3 Å². The predicted octanol–water partition coefficient (Wildman–Crippen LogP) is 4.02. The van der Waals surface area contributed by atoms with Gasteiger partial charge in [0.05, 0.1) is 17.6 Å². The Hall–Kier alpha value is -3.30. The number of carbonyl (C=O) groups excluding carboxylic acids is 3. The van der Waals surface area contributed by atoms with Crippen molar-refractivity contribution in [2.24, 2.45) is 5.73 Å². The first-order valence-corrected chi connectivity index (χ1v) is 9.79. The van der Waals surface area contributed by atoms with E-state index in [2.05, 4.69) is 5.32 Å². The van der Waals surface area contributed by atoms with Crippen molar-refractivity contribution in [1.29, 1.82) is 0 Å². The molecule has 0 aliphatic heterocycles. The minimum Gasteiger partial charge on any atom is -0.486 e. The number of halogens is 1. The Balaban J connectivity index is 1.75. The molecule has 0 unspecified atom stereocenters. The fourth-order valence-electron chi connectivity index (χ4n) is 2.64. The van der Waals surface area contributed by atoms with Crippen LogP contribution in [0.4, 0.5) is 5.00 Å². The standard InChI is InChI=1S/C20H17ClN2O6S/c1-10-15(20(26)27-2)19(30-16(10)17(22)24)23-18(25)14-7-6-13(29-14)9-28-12-5-3-4-11(21)8-12/h3-8H,9H2,1-2H3,(H2,22,24)(H,23,25). The van der Waals surface area contributed by atoms with Gasteiger partial charge >= 0.3 is 5.97 Å². The van der Waals surface area contributed by atoms with Gasteiger partial charge in [-0.1, -0.05) is 17.7 Å². The summed E-state index contributed by atoms with van der Waals surface area (Å²) in [5, 5.41) is 3.25. The van der Waals surface area contributed by atoms with Crippen LogP contribution in [0.3, 0.4) is 0 Å². The Bertz CT molecular complexity index is 1120. The van der Waals surface area contributed by atoms with Crippen LogP contribution in [-0.4, -0.2) is 24.9 Å². The van der Waals surface area contributed by atoms with Gasteiger partial charge in [-0.2, -0.15) is 0 Å². The Morgan fingerprint density at radius 2 is 2.00 bits per heavy atom. The number of esters is 1. The first kappa shape index (κ1) is 21.4. The molecule has 2 amide bonds. The summed E-state index contributed by atoms with van der Waals surface area (Å²) in [6.07, 6.45) is 0. The summed E-state index contributed by atoms with van der Waals surface area (Å²) in [5.74, 6) is -1.04. The van der Waals surface area contributed by atoms with Gasteiger partial charge in [0.15, 0.2) is 5.76 Å². The summed E-state index contributed by atoms with van der Waals surface area (Å²) >= 11 is 6.80. The van der Waals surface area contributed by atoms with Crippen molar-refractivity contribution in [1.82, 2.24) is 0 Å². The number of methoxy groups -OCH3 is 1. The minimum absolute atomic E-state index is 0.00203. The average molecular weight is 449 g/mol. The monoisotopic (exact) mass is 448 g/mol. The number of hydrogen-bond acceptors (Lipinski definition) is 7. The molecule has 2 aromatic heterocycles. The number of nitrogens with one attached hydrogen (secondary N) is 1. The van der Waals surface area contributed by atoms with Gasteiger partial charge in [0.2, 0.25) is 0 Å². The Kier molecular flexibility index (Phi) is 6.43. The SMILES string of the molecule is COC(=O)c1c(NC(=O)c2ccc(COc3cccc(Cl)c3)o2)sc(C(N)=O)c1C. The summed E-state index contributed by atoms with van der Waals surface area (Å²) in [7, 11) is 1.20. The number of furan rings is 1. The van der Waals surface area contributed by atoms with E-state index in [-0.39, 0.29) is 27.8 Å². The fraction of sp³-hybridized carbons (Fsp3) is 0.150. The van der Waals surface area contributed by atoms with Crippen LogP contribution >= 0.6 is 22.9 Å². The zero-order valence-electron chi connectivity index (χ0n) is 16.0. The van der Waals surface area contributed by atoms with E-state index in [9.17, 15) is 14.4 Å². The molecule has 1 aromatic carbocycles. The lowest BCUT2D eigenvalue weighted by Gasteiger charge is -2.05. The predicted molar refractivity (Wildman–Crippen MR) is 111 cm³/mol. The average Bonchev–Trinajstić information content (AvgIpc) is 3.31. The molecule has 0 aliphatic rings. The van der Waals surface area contributed by atoms with Gasteiger partial charge in [-0.25, -0.2) is 4.79 Å². The summed E-state index contributed by atoms with van der Waals surface area (Å²) in [6, 6.07) is 9.94. The molecule has 0 saturated heterocycles. The van der Waals surface area contributed by atoms with E-state index in [4.69, 9.17) is 31.2 Å². The van der Waals surface area contributed by atoms with Crippen molar-refractivity contribution in [3.8, 4) is 5.75 Å². The molecular formula is C20H17ClN2O6S. The second-order valence-corrected chi connectivity index (χ2v) is 7.54. The van der Waals surface area contributed by atoms with E-state index in [0.29, 0.717) is 22.1 Å². The van der Waals surface area contributed by atoms with Gasteiger partial charge in [-0.05, 0) is 42.8 Å². The van der Waals surface area contributed by atoms with Gasteiger partial charge in [0.25, 0.3) is 11.8 Å². The van der Waals surface area contributed by atoms with Crippen molar-refractivity contribution in [3.05, 3.63) is 68.9 Å². The number of nitrogens with two attached hydrogens (primary N) is 1. The Morgan fingerprint density at radius 3 is 2.67 bits per heavy atom. The van der Waals surface area contributed by atoms with E-state index in [1.165, 1.54) is 13.2 Å². The second-order valence-electron chi connectivity index (χ2n) is 6.08. The first-order chi connectivity index (χ1) is 14.3. The van der Waals surface area contributed by atoms with E-state index < -0.39 is 17.8 Å². The number of hydrogen-bond donors (Lipinski definition) is 2. The number of anilines is 1. The molecule has 0 radical (unpaired) electrons. The number of ether oxygens (including phenoxy) is 2. The van der Waals surface area contributed by atoms with Crippen LogP contribution in [0.5, 0.6) is 5.75 Å². The summed E-state index contributed by atoms with van der Waals surface area (Å²) in [6.45, 7) is 1.64. The molecule has 3 aromatic rings. The number of amides is 2. The zero-order valence-corrected chi connectivity index (χ0v) is 17.6. The molecule has 3 rings (SSSR count). The molecule has 2 heterocycles. The molecule has 3 N–H and O–H groups in total. The topological polar surface area (TPSA) is 121 Å². The lowest BCUT2D eigenvalue weighted by atomic mass is 10.1. The lowest BCUT2D eigenvalue weighted by molar-refractivity contribution is 0.0601. The molecule has 0 atom stereocenters. The number of thiophene rings is 1. The van der Waals surface area contributed by atoms with Gasteiger partial charge in [-0.3, -0.25) is 9.59 Å². The highest BCUT2D eigenvalue weighted by Gasteiger charge is 2.26. The van der Waals surface area contributed by atoms with Crippen molar-refractivity contribution >= 4 is 45.7 Å². The lowest BCUT2D eigenvalue weighted by Crippen LogP contribution is -2.14. The molecule has 0 aliphatic carbocycles. The summed E-state index contributed by atoms with van der Waals surface area (Å²) in [5.41, 5.74) is 5.75. The fourth-order valence-corrected chi connectivity index (χ4v) is 3.86. The minimum atomic E-state index is -0.707. The zero-order chi connectivity index (χ0) is 21.8. The molecule has 8 nitrogen and oxygen atoms in total. The number of primary amides is 1. The van der Waals surface area contributed by atoms with Gasteiger partial charge < -0.3 is 24.9 Å². The van der Waals surface area contributed by atoms with E-state index in [0.717, 1.165) is 11.3 Å². The normalized spacial score (nSPS) is 10.5. The highest BCUT2D eigenvalue weighted by molar-refractivity contribution is 7.18. The second kappa shape index (κ2) is 9.02. The van der Waals surface area contributed by atoms with Gasteiger partial charge in [-0.15, -0.1) is 11.3 Å².